The quantitative estimate of drug-likeness (QED) is 0.770. The van der Waals surface area contributed by atoms with Crippen LogP contribution in [0.5, 0.6) is 0 Å². The van der Waals surface area contributed by atoms with Crippen molar-refractivity contribution in [2.75, 3.05) is 40.3 Å². The molecule has 0 bridgehead atoms. The van der Waals surface area contributed by atoms with E-state index < -0.39 is 10.0 Å². The summed E-state index contributed by atoms with van der Waals surface area (Å²) < 4.78 is 26.6. The molecule has 1 heterocycles. The van der Waals surface area contributed by atoms with Crippen LogP contribution in [0.4, 0.5) is 0 Å². The second-order valence-corrected chi connectivity index (χ2v) is 9.06. The summed E-state index contributed by atoms with van der Waals surface area (Å²) in [6, 6.07) is 6.90. The van der Waals surface area contributed by atoms with Crippen molar-refractivity contribution in [1.29, 1.82) is 0 Å². The van der Waals surface area contributed by atoms with Gasteiger partial charge in [0.25, 0.3) is 0 Å². The SMILES string of the molecule is CN(C)CCNC(=O)C1CCN(S(=O)(=O)Cc2cccc(Cl)c2)CC1. The number of hydrogen-bond acceptors (Lipinski definition) is 4. The lowest BCUT2D eigenvalue weighted by Crippen LogP contribution is -2.44. The molecule has 25 heavy (non-hydrogen) atoms. The molecule has 1 aliphatic heterocycles. The minimum atomic E-state index is -3.39. The first kappa shape index (κ1) is 20.2. The smallest absolute Gasteiger partial charge is 0.223 e. The molecule has 1 fully saturated rings. The van der Waals surface area contributed by atoms with Crippen molar-refractivity contribution in [2.45, 2.75) is 18.6 Å². The summed E-state index contributed by atoms with van der Waals surface area (Å²) >= 11 is 5.92. The van der Waals surface area contributed by atoms with Gasteiger partial charge in [0.2, 0.25) is 15.9 Å². The van der Waals surface area contributed by atoms with E-state index in [0.29, 0.717) is 43.1 Å². The number of hydrogen-bond donors (Lipinski definition) is 1. The second kappa shape index (κ2) is 8.98. The third-order valence-electron chi connectivity index (χ3n) is 4.31. The molecule has 1 N–H and O–H groups in total. The molecular weight excluding hydrogens is 362 g/mol. The van der Waals surface area contributed by atoms with Gasteiger partial charge in [0.15, 0.2) is 0 Å². The molecule has 0 aromatic heterocycles. The van der Waals surface area contributed by atoms with E-state index in [2.05, 4.69) is 5.32 Å². The van der Waals surface area contributed by atoms with E-state index in [0.717, 1.165) is 6.54 Å². The van der Waals surface area contributed by atoms with Gasteiger partial charge in [-0.3, -0.25) is 4.79 Å². The van der Waals surface area contributed by atoms with Crippen LogP contribution < -0.4 is 5.32 Å². The summed E-state index contributed by atoms with van der Waals surface area (Å²) in [6.07, 6.45) is 1.12. The summed E-state index contributed by atoms with van der Waals surface area (Å²) in [5.41, 5.74) is 0.677. The van der Waals surface area contributed by atoms with Gasteiger partial charge in [-0.1, -0.05) is 23.7 Å². The van der Waals surface area contributed by atoms with Crippen LogP contribution >= 0.6 is 11.6 Å². The van der Waals surface area contributed by atoms with Crippen molar-refractivity contribution in [3.8, 4) is 0 Å². The van der Waals surface area contributed by atoms with Crippen LogP contribution in [0.2, 0.25) is 5.02 Å². The predicted molar refractivity (Wildman–Crippen MR) is 99.9 cm³/mol. The number of nitrogens with one attached hydrogen (secondary N) is 1. The zero-order valence-electron chi connectivity index (χ0n) is 14.7. The Morgan fingerprint density at radius 2 is 2.00 bits per heavy atom. The number of likely N-dealkylation sites (N-methyl/N-ethyl adjacent to an activating group) is 1. The highest BCUT2D eigenvalue weighted by Gasteiger charge is 2.31. The van der Waals surface area contributed by atoms with Gasteiger partial charge in [-0.15, -0.1) is 0 Å². The zero-order chi connectivity index (χ0) is 18.4. The zero-order valence-corrected chi connectivity index (χ0v) is 16.3. The first-order chi connectivity index (χ1) is 11.8. The number of rotatable bonds is 7. The highest BCUT2D eigenvalue weighted by molar-refractivity contribution is 7.88. The molecule has 0 atom stereocenters. The van der Waals surface area contributed by atoms with E-state index in [1.54, 1.807) is 24.3 Å². The Kier molecular flexibility index (Phi) is 7.25. The van der Waals surface area contributed by atoms with E-state index in [9.17, 15) is 13.2 Å². The van der Waals surface area contributed by atoms with Gasteiger partial charge in [0.1, 0.15) is 0 Å². The van der Waals surface area contributed by atoms with E-state index in [-0.39, 0.29) is 17.6 Å². The van der Waals surface area contributed by atoms with Crippen LogP contribution in [0, 0.1) is 5.92 Å². The van der Waals surface area contributed by atoms with Crippen molar-refractivity contribution in [1.82, 2.24) is 14.5 Å². The van der Waals surface area contributed by atoms with Gasteiger partial charge < -0.3 is 10.2 Å². The van der Waals surface area contributed by atoms with Crippen LogP contribution in [-0.2, 0) is 20.6 Å². The monoisotopic (exact) mass is 387 g/mol. The Labute approximate surface area is 155 Å². The number of sulfonamides is 1. The predicted octanol–water partition coefficient (Wildman–Crippen LogP) is 1.56. The van der Waals surface area contributed by atoms with Crippen molar-refractivity contribution in [3.63, 3.8) is 0 Å². The number of carbonyl (C=O) groups is 1. The lowest BCUT2D eigenvalue weighted by atomic mass is 9.97. The third kappa shape index (κ3) is 6.26. The summed E-state index contributed by atoms with van der Waals surface area (Å²) in [4.78, 5) is 14.2. The van der Waals surface area contributed by atoms with Gasteiger partial charge in [-0.2, -0.15) is 0 Å². The molecule has 0 radical (unpaired) electrons. The van der Waals surface area contributed by atoms with Gasteiger partial charge in [-0.25, -0.2) is 12.7 Å². The summed E-state index contributed by atoms with van der Waals surface area (Å²) in [5.74, 6) is -0.152. The van der Waals surface area contributed by atoms with Crippen molar-refractivity contribution < 1.29 is 13.2 Å². The maximum absolute atomic E-state index is 12.6. The summed E-state index contributed by atoms with van der Waals surface area (Å²) in [5, 5.41) is 3.45. The molecule has 140 valence electrons. The fraction of sp³-hybridized carbons (Fsp3) is 0.588. The Bertz CT molecular complexity index is 686. The molecule has 0 aliphatic carbocycles. The van der Waals surface area contributed by atoms with E-state index >= 15 is 0 Å². The van der Waals surface area contributed by atoms with E-state index in [1.165, 1.54) is 4.31 Å². The standard InChI is InChI=1S/C17H26ClN3O3S/c1-20(2)11-8-19-17(22)15-6-9-21(10-7-15)25(23,24)13-14-4-3-5-16(18)12-14/h3-5,12,15H,6-11,13H2,1-2H3,(H,19,22). The molecule has 0 saturated carbocycles. The molecule has 1 aromatic carbocycles. The Morgan fingerprint density at radius 1 is 1.32 bits per heavy atom. The van der Waals surface area contributed by atoms with Gasteiger partial charge in [0, 0.05) is 37.1 Å². The molecular formula is C17H26ClN3O3S. The minimum absolute atomic E-state index is 0.0220. The van der Waals surface area contributed by atoms with Gasteiger partial charge in [0.05, 0.1) is 5.75 Å². The Hall–Kier alpha value is -1.15. The second-order valence-electron chi connectivity index (χ2n) is 6.65. The number of halogens is 1. The summed E-state index contributed by atoms with van der Waals surface area (Å²) in [7, 11) is 0.513. The van der Waals surface area contributed by atoms with E-state index in [4.69, 9.17) is 11.6 Å². The normalized spacial score (nSPS) is 17.0. The van der Waals surface area contributed by atoms with Crippen LogP contribution in [0.1, 0.15) is 18.4 Å². The average Bonchev–Trinajstić information content (AvgIpc) is 2.54. The topological polar surface area (TPSA) is 69.7 Å². The molecule has 0 unspecified atom stereocenters. The molecule has 2 rings (SSSR count). The molecule has 6 nitrogen and oxygen atoms in total. The van der Waals surface area contributed by atoms with Crippen LogP contribution in [0.15, 0.2) is 24.3 Å². The maximum Gasteiger partial charge on any atom is 0.223 e. The largest absolute Gasteiger partial charge is 0.355 e. The van der Waals surface area contributed by atoms with Crippen molar-refractivity contribution >= 4 is 27.5 Å². The number of nitrogens with zero attached hydrogens (tertiary/aromatic N) is 2. The fourth-order valence-corrected chi connectivity index (χ4v) is 4.64. The average molecular weight is 388 g/mol. The highest BCUT2D eigenvalue weighted by Crippen LogP contribution is 2.22. The van der Waals surface area contributed by atoms with Gasteiger partial charge in [-0.05, 0) is 44.6 Å². The molecule has 1 aromatic rings. The molecule has 8 heteroatoms. The molecule has 1 saturated heterocycles. The summed E-state index contributed by atoms with van der Waals surface area (Å²) in [6.45, 7) is 2.17. The first-order valence-corrected chi connectivity index (χ1v) is 10.4. The van der Waals surface area contributed by atoms with Crippen molar-refractivity contribution in [2.24, 2.45) is 5.92 Å². The molecule has 1 aliphatic rings. The van der Waals surface area contributed by atoms with Crippen LogP contribution in [-0.4, -0.2) is 63.8 Å². The van der Waals surface area contributed by atoms with Crippen LogP contribution in [0.25, 0.3) is 0 Å². The van der Waals surface area contributed by atoms with Gasteiger partial charge >= 0.3 is 0 Å². The lowest BCUT2D eigenvalue weighted by molar-refractivity contribution is -0.126. The minimum Gasteiger partial charge on any atom is -0.355 e. The Balaban J connectivity index is 1.85. The molecule has 1 amide bonds. The van der Waals surface area contributed by atoms with Crippen LogP contribution in [0.3, 0.4) is 0 Å². The lowest BCUT2D eigenvalue weighted by Gasteiger charge is -2.30. The number of piperidine rings is 1. The first-order valence-electron chi connectivity index (χ1n) is 8.42. The number of benzene rings is 1. The van der Waals surface area contributed by atoms with Crippen molar-refractivity contribution in [3.05, 3.63) is 34.9 Å². The van der Waals surface area contributed by atoms with E-state index in [1.807, 2.05) is 19.0 Å². The molecule has 0 spiro atoms. The highest BCUT2D eigenvalue weighted by atomic mass is 35.5. The maximum atomic E-state index is 12.6. The Morgan fingerprint density at radius 3 is 2.60 bits per heavy atom. The third-order valence-corrected chi connectivity index (χ3v) is 6.40. The number of carbonyl (C=O) groups excluding carboxylic acids is 1. The number of amides is 1. The fourth-order valence-electron chi connectivity index (χ4n) is 2.87.